The standard InChI is InChI=1S/C18H20F2N4O.C10H11F3N2O2.5C2H6/c1-21-13-5-6-16(22-11-13)24-9-7-12(8-10-24)23-18(25)17-14(19)3-2-4-15(17)20;11-10(12,13)8-7(6-16)17-9(14-8)15-4-2-1-3-5-15;5*1-2/h2-6,11-12,21H,7-10H2,1H3,(H,23,25);6H,1-5H2;5*1-2H3. The number of benzene rings is 1. The Bertz CT molecular complexity index is 1340. The number of carbonyl (C=O) groups excluding carboxylic acids is 2. The molecule has 0 atom stereocenters. The van der Waals surface area contributed by atoms with E-state index in [9.17, 15) is 31.5 Å². The summed E-state index contributed by atoms with van der Waals surface area (Å²) >= 11 is 0. The molecule has 2 aliphatic rings. The molecule has 2 aliphatic heterocycles. The van der Waals surface area contributed by atoms with Crippen LogP contribution in [-0.4, -0.2) is 61.4 Å². The molecule has 2 fully saturated rings. The molecule has 2 N–H and O–H groups in total. The number of hydrogen-bond acceptors (Lipinski definition) is 8. The van der Waals surface area contributed by atoms with Crippen molar-refractivity contribution in [3.8, 4) is 0 Å². The number of nitrogens with zero attached hydrogens (tertiary/aromatic N) is 4. The Morgan fingerprint density at radius 2 is 1.37 bits per heavy atom. The molecule has 0 aliphatic carbocycles. The number of aromatic nitrogens is 2. The van der Waals surface area contributed by atoms with Gasteiger partial charge in [0.25, 0.3) is 11.9 Å². The fraction of sp³-hybridized carbons (Fsp3) is 0.579. The third-order valence-electron chi connectivity index (χ3n) is 7.02. The van der Waals surface area contributed by atoms with Crippen molar-refractivity contribution in [3.05, 3.63) is 65.2 Å². The molecule has 0 bridgehead atoms. The zero-order chi connectivity index (χ0) is 40.3. The number of halogens is 5. The summed E-state index contributed by atoms with van der Waals surface area (Å²) < 4.78 is 69.8. The molecule has 9 nitrogen and oxygen atoms in total. The summed E-state index contributed by atoms with van der Waals surface area (Å²) in [5.41, 5.74) is -0.819. The van der Waals surface area contributed by atoms with E-state index in [4.69, 9.17) is 4.42 Å². The van der Waals surface area contributed by atoms with E-state index in [1.165, 1.54) is 6.07 Å². The maximum absolute atomic E-state index is 13.7. The van der Waals surface area contributed by atoms with Crippen LogP contribution in [-0.2, 0) is 6.18 Å². The number of piperidine rings is 2. The van der Waals surface area contributed by atoms with Gasteiger partial charge in [0, 0.05) is 39.3 Å². The molecule has 2 aromatic heterocycles. The fourth-order valence-electron chi connectivity index (χ4n) is 4.77. The summed E-state index contributed by atoms with van der Waals surface area (Å²) in [6.07, 6.45) is 1.36. The zero-order valence-electron chi connectivity index (χ0n) is 32.9. The molecule has 0 saturated carbocycles. The van der Waals surface area contributed by atoms with Gasteiger partial charge in [-0.25, -0.2) is 13.8 Å². The van der Waals surface area contributed by atoms with E-state index in [1.54, 1.807) is 11.1 Å². The Hall–Kier alpha value is -4.23. The van der Waals surface area contributed by atoms with E-state index in [0.29, 0.717) is 25.9 Å². The number of rotatable bonds is 6. The molecule has 3 aromatic rings. The first-order chi connectivity index (χ1) is 25.1. The highest BCUT2D eigenvalue weighted by Crippen LogP contribution is 2.33. The molecule has 1 amide bonds. The van der Waals surface area contributed by atoms with Crippen molar-refractivity contribution in [3.63, 3.8) is 0 Å². The van der Waals surface area contributed by atoms with Gasteiger partial charge in [-0.3, -0.25) is 9.59 Å². The summed E-state index contributed by atoms with van der Waals surface area (Å²) in [7, 11) is 1.84. The van der Waals surface area contributed by atoms with E-state index in [0.717, 1.165) is 56.0 Å². The van der Waals surface area contributed by atoms with Crippen molar-refractivity contribution < 1.29 is 36.0 Å². The number of carbonyl (C=O) groups is 2. The molecule has 4 heterocycles. The van der Waals surface area contributed by atoms with E-state index in [1.807, 2.05) is 88.4 Å². The second-order valence-corrected chi connectivity index (χ2v) is 9.86. The minimum atomic E-state index is -4.66. The molecule has 1 aromatic carbocycles. The lowest BCUT2D eigenvalue weighted by Crippen LogP contribution is -2.45. The molecule has 0 unspecified atom stereocenters. The third-order valence-corrected chi connectivity index (χ3v) is 7.02. The molecular weight excluding hydrogens is 683 g/mol. The molecule has 0 radical (unpaired) electrons. The van der Waals surface area contributed by atoms with Crippen molar-refractivity contribution in [2.24, 2.45) is 0 Å². The maximum atomic E-state index is 13.7. The van der Waals surface area contributed by atoms with Crippen LogP contribution in [0, 0.1) is 11.6 Å². The van der Waals surface area contributed by atoms with Gasteiger partial charge in [-0.05, 0) is 56.4 Å². The van der Waals surface area contributed by atoms with Crippen LogP contribution in [0.5, 0.6) is 0 Å². The summed E-state index contributed by atoms with van der Waals surface area (Å²) in [6.45, 7) is 22.7. The fourth-order valence-corrected chi connectivity index (χ4v) is 4.77. The van der Waals surface area contributed by atoms with Crippen LogP contribution >= 0.6 is 0 Å². The molecule has 2 saturated heterocycles. The summed E-state index contributed by atoms with van der Waals surface area (Å²) in [6, 6.07) is 7.09. The maximum Gasteiger partial charge on any atom is 0.437 e. The average Bonchev–Trinajstić information content (AvgIpc) is 3.66. The van der Waals surface area contributed by atoms with Gasteiger partial charge in [0.2, 0.25) is 5.76 Å². The highest BCUT2D eigenvalue weighted by Gasteiger charge is 2.39. The number of nitrogens with one attached hydrogen (secondary N) is 2. The number of amides is 1. The van der Waals surface area contributed by atoms with Crippen LogP contribution < -0.4 is 20.4 Å². The van der Waals surface area contributed by atoms with Gasteiger partial charge >= 0.3 is 6.18 Å². The van der Waals surface area contributed by atoms with Gasteiger partial charge in [-0.2, -0.15) is 18.2 Å². The first kappa shape index (κ1) is 49.9. The minimum absolute atomic E-state index is 0.0449. The summed E-state index contributed by atoms with van der Waals surface area (Å²) in [4.78, 5) is 34.2. The molecule has 14 heteroatoms. The Labute approximate surface area is 307 Å². The van der Waals surface area contributed by atoms with Crippen LogP contribution in [0.3, 0.4) is 0 Å². The molecule has 5 rings (SSSR count). The Balaban J connectivity index is 0. The molecule has 296 valence electrons. The topological polar surface area (TPSA) is 104 Å². The largest absolute Gasteiger partial charge is 0.437 e. The Morgan fingerprint density at radius 1 is 0.827 bits per heavy atom. The Morgan fingerprint density at radius 3 is 1.79 bits per heavy atom. The number of alkyl halides is 3. The molecular formula is C38H61F5N6O3. The first-order valence-electron chi connectivity index (χ1n) is 18.5. The van der Waals surface area contributed by atoms with Crippen LogP contribution in [0.1, 0.15) is 128 Å². The predicted molar refractivity (Wildman–Crippen MR) is 203 cm³/mol. The normalized spacial score (nSPS) is 13.5. The van der Waals surface area contributed by atoms with Gasteiger partial charge in [0.15, 0.2) is 12.0 Å². The lowest BCUT2D eigenvalue weighted by atomic mass is 10.0. The lowest BCUT2D eigenvalue weighted by Gasteiger charge is -2.33. The molecule has 0 spiro atoms. The van der Waals surface area contributed by atoms with Crippen LogP contribution in [0.15, 0.2) is 40.9 Å². The van der Waals surface area contributed by atoms with E-state index < -0.39 is 40.7 Å². The van der Waals surface area contributed by atoms with Crippen molar-refractivity contribution in [2.75, 3.05) is 48.3 Å². The monoisotopic (exact) mass is 744 g/mol. The summed E-state index contributed by atoms with van der Waals surface area (Å²) in [5, 5.41) is 5.75. The lowest BCUT2D eigenvalue weighted by molar-refractivity contribution is -0.141. The SMILES string of the molecule is CC.CC.CC.CC.CC.CNc1ccc(N2CCC(NC(=O)c3c(F)cccc3F)CC2)nc1.O=Cc1oc(N2CCCCC2)nc1C(F)(F)F. The van der Waals surface area contributed by atoms with E-state index in [-0.39, 0.29) is 18.3 Å². The van der Waals surface area contributed by atoms with Crippen molar-refractivity contribution >= 4 is 29.7 Å². The quantitative estimate of drug-likeness (QED) is 0.190. The number of hydrogen-bond donors (Lipinski definition) is 2. The van der Waals surface area contributed by atoms with Gasteiger partial charge < -0.3 is 24.9 Å². The van der Waals surface area contributed by atoms with Crippen LogP contribution in [0.4, 0.5) is 39.5 Å². The second-order valence-electron chi connectivity index (χ2n) is 9.86. The number of pyridine rings is 1. The second kappa shape index (κ2) is 28.4. The number of oxazole rings is 1. The van der Waals surface area contributed by atoms with Crippen molar-refractivity contribution in [2.45, 2.75) is 114 Å². The Kier molecular flexibility index (Phi) is 27.2. The number of aldehydes is 1. The van der Waals surface area contributed by atoms with Gasteiger partial charge in [0.1, 0.15) is 23.0 Å². The molecule has 52 heavy (non-hydrogen) atoms. The smallest absolute Gasteiger partial charge is 0.420 e. The van der Waals surface area contributed by atoms with Crippen LogP contribution in [0.25, 0.3) is 0 Å². The highest BCUT2D eigenvalue weighted by molar-refractivity contribution is 5.95. The summed E-state index contributed by atoms with van der Waals surface area (Å²) in [5.74, 6) is -2.26. The van der Waals surface area contributed by atoms with Gasteiger partial charge in [-0.15, -0.1) is 0 Å². The van der Waals surface area contributed by atoms with Crippen LogP contribution in [0.2, 0.25) is 0 Å². The zero-order valence-corrected chi connectivity index (χ0v) is 32.9. The van der Waals surface area contributed by atoms with Crippen molar-refractivity contribution in [1.82, 2.24) is 15.3 Å². The van der Waals surface area contributed by atoms with Gasteiger partial charge in [-0.1, -0.05) is 75.3 Å². The van der Waals surface area contributed by atoms with Crippen molar-refractivity contribution in [1.29, 1.82) is 0 Å². The number of anilines is 3. The predicted octanol–water partition coefficient (Wildman–Crippen LogP) is 10.4. The highest BCUT2D eigenvalue weighted by atomic mass is 19.4. The first-order valence-corrected chi connectivity index (χ1v) is 18.5. The third kappa shape index (κ3) is 16.0. The van der Waals surface area contributed by atoms with Gasteiger partial charge in [0.05, 0.1) is 11.9 Å². The minimum Gasteiger partial charge on any atom is -0.420 e. The van der Waals surface area contributed by atoms with E-state index >= 15 is 0 Å². The van der Waals surface area contributed by atoms with E-state index in [2.05, 4.69) is 25.5 Å². The average molecular weight is 745 g/mol.